The van der Waals surface area contributed by atoms with Gasteiger partial charge in [0.2, 0.25) is 10.0 Å². The van der Waals surface area contributed by atoms with E-state index in [-0.39, 0.29) is 5.41 Å². The van der Waals surface area contributed by atoms with Gasteiger partial charge in [-0.15, -0.1) is 0 Å². The molecule has 1 saturated heterocycles. The van der Waals surface area contributed by atoms with Crippen LogP contribution in [0.3, 0.4) is 0 Å². The average Bonchev–Trinajstić information content (AvgIpc) is 2.41. The predicted octanol–water partition coefficient (Wildman–Crippen LogP) is 2.77. The highest BCUT2D eigenvalue weighted by Crippen LogP contribution is 2.44. The Bertz CT molecular complexity index is 473. The highest BCUT2D eigenvalue weighted by molar-refractivity contribution is 7.88. The Kier molecular flexibility index (Phi) is 4.76. The normalized spacial score (nSPS) is 36.5. The maximum atomic E-state index is 11.7. The van der Waals surface area contributed by atoms with E-state index in [1.165, 1.54) is 6.26 Å². The molecule has 1 heterocycles. The summed E-state index contributed by atoms with van der Waals surface area (Å²) < 4.78 is 24.9. The van der Waals surface area contributed by atoms with E-state index in [9.17, 15) is 13.7 Å². The second-order valence-corrected chi connectivity index (χ2v) is 8.89. The summed E-state index contributed by atoms with van der Waals surface area (Å²) in [6.07, 6.45) is 8.40. The molecule has 2 fully saturated rings. The van der Waals surface area contributed by atoms with Gasteiger partial charge in [0.15, 0.2) is 0 Å². The van der Waals surface area contributed by atoms with Crippen LogP contribution in [-0.4, -0.2) is 32.1 Å². The van der Waals surface area contributed by atoms with Crippen molar-refractivity contribution in [3.8, 4) is 6.07 Å². The summed E-state index contributed by atoms with van der Waals surface area (Å²) in [6, 6.07) is 2.57. The lowest BCUT2D eigenvalue weighted by Crippen LogP contribution is -2.41. The molecule has 0 bridgehead atoms. The van der Waals surface area contributed by atoms with Gasteiger partial charge in [0.1, 0.15) is 0 Å². The standard InChI is InChI=1S/C15H26N2O2S/c1-13-5-7-15(12-16,8-6-13)10-14-4-3-9-17(11-14)20(2,18)19/h13-14H,3-11H2,1-2H3. The molecule has 0 spiro atoms. The Hall–Kier alpha value is -0.600. The van der Waals surface area contributed by atoms with E-state index >= 15 is 0 Å². The Morgan fingerprint density at radius 3 is 2.50 bits per heavy atom. The second-order valence-electron chi connectivity index (χ2n) is 6.91. The lowest BCUT2D eigenvalue weighted by atomic mass is 9.67. The minimum Gasteiger partial charge on any atom is -0.213 e. The van der Waals surface area contributed by atoms with Crippen molar-refractivity contribution in [2.75, 3.05) is 19.3 Å². The van der Waals surface area contributed by atoms with Gasteiger partial charge in [0, 0.05) is 13.1 Å². The molecule has 5 heteroatoms. The average molecular weight is 298 g/mol. The van der Waals surface area contributed by atoms with Crippen LogP contribution in [0.5, 0.6) is 0 Å². The zero-order valence-corrected chi connectivity index (χ0v) is 13.5. The molecule has 1 aliphatic carbocycles. The number of hydrogen-bond donors (Lipinski definition) is 0. The smallest absolute Gasteiger partial charge is 0.211 e. The van der Waals surface area contributed by atoms with Crippen molar-refractivity contribution in [2.24, 2.45) is 17.3 Å². The molecule has 1 aliphatic heterocycles. The van der Waals surface area contributed by atoms with Gasteiger partial charge in [-0.25, -0.2) is 12.7 Å². The van der Waals surface area contributed by atoms with Crippen LogP contribution in [0.15, 0.2) is 0 Å². The van der Waals surface area contributed by atoms with Crippen LogP contribution in [0, 0.1) is 28.6 Å². The SMILES string of the molecule is CC1CCC(C#N)(CC2CCCN(S(C)(=O)=O)C2)CC1. The second kappa shape index (κ2) is 6.03. The summed E-state index contributed by atoms with van der Waals surface area (Å²) in [5.74, 6) is 1.09. The van der Waals surface area contributed by atoms with E-state index in [1.54, 1.807) is 4.31 Å². The van der Waals surface area contributed by atoms with Gasteiger partial charge in [0.05, 0.1) is 17.7 Å². The van der Waals surface area contributed by atoms with E-state index in [1.807, 2.05) is 0 Å². The van der Waals surface area contributed by atoms with Crippen molar-refractivity contribution < 1.29 is 8.42 Å². The number of nitrogens with zero attached hydrogens (tertiary/aromatic N) is 2. The highest BCUT2D eigenvalue weighted by atomic mass is 32.2. The van der Waals surface area contributed by atoms with E-state index < -0.39 is 10.0 Å². The molecule has 114 valence electrons. The highest BCUT2D eigenvalue weighted by Gasteiger charge is 2.38. The minimum atomic E-state index is -3.08. The van der Waals surface area contributed by atoms with Gasteiger partial charge in [-0.2, -0.15) is 5.26 Å². The monoisotopic (exact) mass is 298 g/mol. The van der Waals surface area contributed by atoms with Crippen LogP contribution in [0.2, 0.25) is 0 Å². The third kappa shape index (κ3) is 3.73. The summed E-state index contributed by atoms with van der Waals surface area (Å²) in [5.41, 5.74) is -0.197. The lowest BCUT2D eigenvalue weighted by Gasteiger charge is -2.39. The fourth-order valence-electron chi connectivity index (χ4n) is 3.72. The summed E-state index contributed by atoms with van der Waals surface area (Å²) in [6.45, 7) is 3.51. The van der Waals surface area contributed by atoms with Crippen molar-refractivity contribution in [1.29, 1.82) is 5.26 Å². The molecule has 0 radical (unpaired) electrons. The van der Waals surface area contributed by atoms with Crippen LogP contribution in [0.1, 0.15) is 51.9 Å². The molecule has 0 aromatic carbocycles. The Morgan fingerprint density at radius 2 is 1.95 bits per heavy atom. The van der Waals surface area contributed by atoms with Gasteiger partial charge in [-0.1, -0.05) is 6.92 Å². The van der Waals surface area contributed by atoms with E-state index in [4.69, 9.17) is 0 Å². The van der Waals surface area contributed by atoms with Crippen molar-refractivity contribution in [2.45, 2.75) is 51.9 Å². The molecule has 1 atom stereocenters. The van der Waals surface area contributed by atoms with Crippen LogP contribution in [0.25, 0.3) is 0 Å². The zero-order chi connectivity index (χ0) is 14.8. The van der Waals surface area contributed by atoms with Crippen LogP contribution >= 0.6 is 0 Å². The predicted molar refractivity (Wildman–Crippen MR) is 79.4 cm³/mol. The molecule has 1 unspecified atom stereocenters. The fraction of sp³-hybridized carbons (Fsp3) is 0.933. The molecular weight excluding hydrogens is 272 g/mol. The molecule has 0 aromatic heterocycles. The first-order chi connectivity index (χ1) is 9.35. The first-order valence-corrected chi connectivity index (χ1v) is 9.56. The molecule has 2 aliphatic rings. The van der Waals surface area contributed by atoms with Crippen molar-refractivity contribution in [1.82, 2.24) is 4.31 Å². The number of sulfonamides is 1. The molecule has 2 rings (SSSR count). The molecule has 0 N–H and O–H groups in total. The first-order valence-electron chi connectivity index (χ1n) is 7.71. The zero-order valence-electron chi connectivity index (χ0n) is 12.6. The third-order valence-electron chi connectivity index (χ3n) is 5.10. The molecule has 0 aromatic rings. The number of rotatable bonds is 3. The van der Waals surface area contributed by atoms with Crippen LogP contribution < -0.4 is 0 Å². The minimum absolute atomic E-state index is 0.197. The number of piperidine rings is 1. The van der Waals surface area contributed by atoms with Gasteiger partial charge in [-0.3, -0.25) is 0 Å². The maximum absolute atomic E-state index is 11.7. The third-order valence-corrected chi connectivity index (χ3v) is 6.37. The number of nitriles is 1. The first kappa shape index (κ1) is 15.8. The molecule has 1 saturated carbocycles. The van der Waals surface area contributed by atoms with Crippen molar-refractivity contribution >= 4 is 10.0 Å². The van der Waals surface area contributed by atoms with E-state index in [0.29, 0.717) is 19.0 Å². The van der Waals surface area contributed by atoms with Gasteiger partial charge < -0.3 is 0 Å². The van der Waals surface area contributed by atoms with E-state index in [0.717, 1.165) is 50.9 Å². The lowest BCUT2D eigenvalue weighted by molar-refractivity contribution is 0.146. The fourth-order valence-corrected chi connectivity index (χ4v) is 4.67. The Balaban J connectivity index is 2.00. The summed E-state index contributed by atoms with van der Waals surface area (Å²) in [7, 11) is -3.08. The summed E-state index contributed by atoms with van der Waals surface area (Å²) in [5, 5.41) is 9.60. The van der Waals surface area contributed by atoms with Crippen LogP contribution in [-0.2, 0) is 10.0 Å². The molecule has 4 nitrogen and oxygen atoms in total. The van der Waals surface area contributed by atoms with E-state index in [2.05, 4.69) is 13.0 Å². The van der Waals surface area contributed by atoms with Gasteiger partial charge in [-0.05, 0) is 56.8 Å². The number of hydrogen-bond acceptors (Lipinski definition) is 3. The molecule has 0 amide bonds. The van der Waals surface area contributed by atoms with Crippen molar-refractivity contribution in [3.05, 3.63) is 0 Å². The van der Waals surface area contributed by atoms with Gasteiger partial charge >= 0.3 is 0 Å². The Morgan fingerprint density at radius 1 is 1.30 bits per heavy atom. The quantitative estimate of drug-likeness (QED) is 0.805. The largest absolute Gasteiger partial charge is 0.213 e. The van der Waals surface area contributed by atoms with Gasteiger partial charge in [0.25, 0.3) is 0 Å². The maximum Gasteiger partial charge on any atom is 0.211 e. The molecule has 20 heavy (non-hydrogen) atoms. The molecular formula is C15H26N2O2S. The van der Waals surface area contributed by atoms with Crippen molar-refractivity contribution in [3.63, 3.8) is 0 Å². The summed E-state index contributed by atoms with van der Waals surface area (Å²) >= 11 is 0. The Labute approximate surface area is 123 Å². The summed E-state index contributed by atoms with van der Waals surface area (Å²) in [4.78, 5) is 0. The topological polar surface area (TPSA) is 61.2 Å². The van der Waals surface area contributed by atoms with Crippen LogP contribution in [0.4, 0.5) is 0 Å².